The van der Waals surface area contributed by atoms with Gasteiger partial charge in [0.25, 0.3) is 5.91 Å². The highest BCUT2D eigenvalue weighted by atomic mass is 35.5. The number of fused-ring (bicyclic) bond motifs is 2. The molecule has 4 rings (SSSR count). The van der Waals surface area contributed by atoms with Crippen LogP contribution in [0.3, 0.4) is 0 Å². The Morgan fingerprint density at radius 2 is 1.96 bits per heavy atom. The summed E-state index contributed by atoms with van der Waals surface area (Å²) in [5.74, 6) is 1.01. The molecule has 0 radical (unpaired) electrons. The maximum atomic E-state index is 12.4. The highest BCUT2D eigenvalue weighted by Crippen LogP contribution is 2.46. The molecule has 2 aromatic rings. The van der Waals surface area contributed by atoms with Crippen molar-refractivity contribution in [1.82, 2.24) is 0 Å². The molecular weight excluding hydrogens is 384 g/mol. The zero-order valence-electron chi connectivity index (χ0n) is 15.7. The zero-order valence-corrected chi connectivity index (χ0v) is 16.4. The summed E-state index contributed by atoms with van der Waals surface area (Å²) in [4.78, 5) is 25.9. The van der Waals surface area contributed by atoms with Crippen LogP contribution in [0.1, 0.15) is 23.5 Å². The quantitative estimate of drug-likeness (QED) is 0.853. The summed E-state index contributed by atoms with van der Waals surface area (Å²) in [5, 5.41) is 3.29. The van der Waals surface area contributed by atoms with E-state index in [-0.39, 0.29) is 30.8 Å². The van der Waals surface area contributed by atoms with Gasteiger partial charge in [-0.2, -0.15) is 0 Å². The number of halogens is 1. The standard InChI is InChI=1S/C20H19ClN2O5/c1-23-15-6-12-11(10-4-13(21)20(27-3)17(5-10)26-2)7-18(24)22-14(12)8-16(15)28-9-19(23)25/h4-6,8,11H,7,9H2,1-3H3,(H,22,24). The Hall–Kier alpha value is -2.93. The van der Waals surface area contributed by atoms with Crippen molar-refractivity contribution in [3.63, 3.8) is 0 Å². The number of carbonyl (C=O) groups excluding carboxylic acids is 2. The van der Waals surface area contributed by atoms with Crippen molar-refractivity contribution < 1.29 is 23.8 Å². The molecule has 146 valence electrons. The van der Waals surface area contributed by atoms with E-state index in [0.29, 0.717) is 33.6 Å². The Morgan fingerprint density at radius 3 is 2.68 bits per heavy atom. The molecule has 0 saturated heterocycles. The first-order valence-corrected chi connectivity index (χ1v) is 9.09. The van der Waals surface area contributed by atoms with Crippen LogP contribution in [0.4, 0.5) is 11.4 Å². The van der Waals surface area contributed by atoms with Gasteiger partial charge in [-0.1, -0.05) is 11.6 Å². The van der Waals surface area contributed by atoms with E-state index >= 15 is 0 Å². The Kier molecular flexibility index (Phi) is 4.55. The van der Waals surface area contributed by atoms with E-state index in [0.717, 1.165) is 11.1 Å². The molecule has 28 heavy (non-hydrogen) atoms. The summed E-state index contributed by atoms with van der Waals surface area (Å²) in [6.45, 7) is -0.0229. The summed E-state index contributed by atoms with van der Waals surface area (Å²) in [6, 6.07) is 7.25. The van der Waals surface area contributed by atoms with E-state index in [9.17, 15) is 9.59 Å². The fraction of sp³-hybridized carbons (Fsp3) is 0.300. The molecule has 7 nitrogen and oxygen atoms in total. The second-order valence-electron chi connectivity index (χ2n) is 6.69. The minimum atomic E-state index is -0.253. The minimum absolute atomic E-state index is 0.0229. The lowest BCUT2D eigenvalue weighted by Crippen LogP contribution is -2.36. The lowest BCUT2D eigenvalue weighted by atomic mass is 9.84. The molecule has 0 aliphatic carbocycles. The fourth-order valence-corrected chi connectivity index (χ4v) is 3.96. The third kappa shape index (κ3) is 2.92. The molecule has 1 atom stereocenters. The molecule has 0 bridgehead atoms. The van der Waals surface area contributed by atoms with E-state index in [1.54, 1.807) is 24.1 Å². The number of hydrogen-bond donors (Lipinski definition) is 1. The molecule has 2 aromatic carbocycles. The number of likely N-dealkylation sites (N-methyl/N-ethyl adjacent to an activating group) is 1. The second kappa shape index (κ2) is 6.91. The molecule has 8 heteroatoms. The summed E-state index contributed by atoms with van der Waals surface area (Å²) in [7, 11) is 4.76. The van der Waals surface area contributed by atoms with Gasteiger partial charge in [0, 0.05) is 31.1 Å². The van der Waals surface area contributed by atoms with Crippen molar-refractivity contribution in [2.45, 2.75) is 12.3 Å². The monoisotopic (exact) mass is 402 g/mol. The van der Waals surface area contributed by atoms with Gasteiger partial charge in [0.15, 0.2) is 18.1 Å². The number of benzene rings is 2. The van der Waals surface area contributed by atoms with Crippen LogP contribution in [0.15, 0.2) is 24.3 Å². The molecule has 0 saturated carbocycles. The Balaban J connectivity index is 1.86. The molecule has 0 fully saturated rings. The van der Waals surface area contributed by atoms with Crippen molar-refractivity contribution in [3.8, 4) is 17.2 Å². The van der Waals surface area contributed by atoms with Gasteiger partial charge in [-0.15, -0.1) is 0 Å². The molecule has 0 spiro atoms. The smallest absolute Gasteiger partial charge is 0.264 e. The molecular formula is C20H19ClN2O5. The SMILES string of the molecule is COc1cc(C2CC(=O)Nc3cc4c(cc32)N(C)C(=O)CO4)cc(Cl)c1OC. The number of amides is 2. The van der Waals surface area contributed by atoms with Gasteiger partial charge in [0.05, 0.1) is 24.9 Å². The average Bonchev–Trinajstić information content (AvgIpc) is 2.68. The molecule has 1 unspecified atom stereocenters. The summed E-state index contributed by atoms with van der Waals surface area (Å²) < 4.78 is 16.2. The van der Waals surface area contributed by atoms with E-state index in [4.69, 9.17) is 25.8 Å². The van der Waals surface area contributed by atoms with Gasteiger partial charge in [-0.05, 0) is 29.3 Å². The van der Waals surface area contributed by atoms with Crippen LogP contribution in [0.25, 0.3) is 0 Å². The number of nitrogens with one attached hydrogen (secondary N) is 1. The topological polar surface area (TPSA) is 77.1 Å². The van der Waals surface area contributed by atoms with Crippen LogP contribution < -0.4 is 24.4 Å². The maximum Gasteiger partial charge on any atom is 0.264 e. The molecule has 2 aliphatic rings. The van der Waals surface area contributed by atoms with Crippen molar-refractivity contribution >= 4 is 34.8 Å². The minimum Gasteiger partial charge on any atom is -0.493 e. The van der Waals surface area contributed by atoms with Crippen LogP contribution in [0, 0.1) is 0 Å². The van der Waals surface area contributed by atoms with Gasteiger partial charge in [0.1, 0.15) is 5.75 Å². The number of carbonyl (C=O) groups is 2. The fourth-order valence-electron chi connectivity index (χ4n) is 3.66. The summed E-state index contributed by atoms with van der Waals surface area (Å²) in [6.07, 6.45) is 0.246. The first-order valence-electron chi connectivity index (χ1n) is 8.71. The van der Waals surface area contributed by atoms with Gasteiger partial charge in [-0.25, -0.2) is 0 Å². The number of rotatable bonds is 3. The van der Waals surface area contributed by atoms with Gasteiger partial charge < -0.3 is 24.4 Å². The van der Waals surface area contributed by atoms with E-state index in [1.807, 2.05) is 12.1 Å². The van der Waals surface area contributed by atoms with Crippen molar-refractivity contribution in [1.29, 1.82) is 0 Å². The van der Waals surface area contributed by atoms with Crippen molar-refractivity contribution in [2.24, 2.45) is 0 Å². The van der Waals surface area contributed by atoms with Crippen LogP contribution in [-0.4, -0.2) is 39.7 Å². The summed E-state index contributed by atoms with van der Waals surface area (Å²) in [5.41, 5.74) is 3.03. The molecule has 2 aliphatic heterocycles. The van der Waals surface area contributed by atoms with Crippen molar-refractivity contribution in [3.05, 3.63) is 40.4 Å². The number of hydrogen-bond acceptors (Lipinski definition) is 5. The van der Waals surface area contributed by atoms with Crippen LogP contribution in [0.5, 0.6) is 17.2 Å². The highest BCUT2D eigenvalue weighted by Gasteiger charge is 2.32. The summed E-state index contributed by atoms with van der Waals surface area (Å²) >= 11 is 6.38. The lowest BCUT2D eigenvalue weighted by molar-refractivity contribution is -0.121. The third-order valence-electron chi connectivity index (χ3n) is 5.11. The molecule has 2 heterocycles. The predicted octanol–water partition coefficient (Wildman–Crippen LogP) is 3.19. The van der Waals surface area contributed by atoms with Crippen LogP contribution in [0.2, 0.25) is 5.02 Å². The van der Waals surface area contributed by atoms with Gasteiger partial charge in [0.2, 0.25) is 5.91 Å². The number of anilines is 2. The third-order valence-corrected chi connectivity index (χ3v) is 5.40. The first kappa shape index (κ1) is 18.4. The van der Waals surface area contributed by atoms with Crippen molar-refractivity contribution in [2.75, 3.05) is 38.1 Å². The average molecular weight is 403 g/mol. The van der Waals surface area contributed by atoms with E-state index in [2.05, 4.69) is 5.32 Å². The number of methoxy groups -OCH3 is 2. The van der Waals surface area contributed by atoms with Crippen LogP contribution >= 0.6 is 11.6 Å². The zero-order chi connectivity index (χ0) is 20.0. The molecule has 1 N–H and O–H groups in total. The van der Waals surface area contributed by atoms with Gasteiger partial charge >= 0.3 is 0 Å². The molecule has 2 amide bonds. The Bertz CT molecular complexity index is 991. The van der Waals surface area contributed by atoms with E-state index in [1.165, 1.54) is 14.2 Å². The second-order valence-corrected chi connectivity index (χ2v) is 7.10. The largest absolute Gasteiger partial charge is 0.493 e. The predicted molar refractivity (Wildman–Crippen MR) is 105 cm³/mol. The maximum absolute atomic E-state index is 12.4. The van der Waals surface area contributed by atoms with Crippen LogP contribution in [-0.2, 0) is 9.59 Å². The number of ether oxygens (including phenoxy) is 3. The first-order chi connectivity index (χ1) is 13.4. The lowest BCUT2D eigenvalue weighted by Gasteiger charge is -2.32. The molecule has 0 aromatic heterocycles. The van der Waals surface area contributed by atoms with E-state index < -0.39 is 0 Å². The Morgan fingerprint density at radius 1 is 1.18 bits per heavy atom. The van der Waals surface area contributed by atoms with Gasteiger partial charge in [-0.3, -0.25) is 9.59 Å². The number of nitrogens with zero attached hydrogens (tertiary/aromatic N) is 1. The Labute approximate surface area is 167 Å². The normalized spacial score (nSPS) is 18.0. The highest BCUT2D eigenvalue weighted by molar-refractivity contribution is 6.32.